The number of esters is 6. The predicted molar refractivity (Wildman–Crippen MR) is 94.8 cm³/mol. The molecule has 0 aromatic heterocycles. The lowest BCUT2D eigenvalue weighted by atomic mass is 10.1. The van der Waals surface area contributed by atoms with E-state index in [2.05, 4.69) is 9.47 Å². The summed E-state index contributed by atoms with van der Waals surface area (Å²) in [5.41, 5.74) is -0.171. The Bertz CT molecular complexity index is 1050. The molecule has 10 heteroatoms. The van der Waals surface area contributed by atoms with Crippen LogP contribution in [0, 0.1) is 0 Å². The third kappa shape index (κ3) is 3.41. The van der Waals surface area contributed by atoms with Gasteiger partial charge in [0.25, 0.3) is 0 Å². The predicted octanol–water partition coefficient (Wildman–Crippen LogP) is 1.92. The molecular weight excluding hydrogens is 400 g/mol. The van der Waals surface area contributed by atoms with Crippen LogP contribution >= 0.6 is 0 Å². The smallest absolute Gasteiger partial charge is 0.346 e. The maximum absolute atomic E-state index is 12.0. The summed E-state index contributed by atoms with van der Waals surface area (Å²) < 4.78 is 18.5. The first-order chi connectivity index (χ1) is 13.8. The Morgan fingerprint density at radius 2 is 1.00 bits per heavy atom. The van der Waals surface area contributed by atoms with Gasteiger partial charge in [-0.15, -0.1) is 0 Å². The first kappa shape index (κ1) is 20.4. The molecule has 0 unspecified atom stereocenters. The highest BCUT2D eigenvalue weighted by atomic mass is 16.7. The van der Waals surface area contributed by atoms with Crippen LogP contribution in [0.5, 0.6) is 0 Å². The number of carbonyl (C=O) groups is 6. The van der Waals surface area contributed by atoms with Crippen molar-refractivity contribution >= 4 is 35.8 Å². The molecule has 2 aliphatic heterocycles. The van der Waals surface area contributed by atoms with Crippen molar-refractivity contribution in [2.24, 2.45) is 0 Å². The minimum atomic E-state index is -0.907. The van der Waals surface area contributed by atoms with E-state index in [4.69, 9.17) is 9.47 Å². The van der Waals surface area contributed by atoms with E-state index in [1.54, 1.807) is 0 Å². The van der Waals surface area contributed by atoms with Crippen molar-refractivity contribution in [3.8, 4) is 0 Å². The van der Waals surface area contributed by atoms with Gasteiger partial charge in [0, 0.05) is 0 Å². The van der Waals surface area contributed by atoms with Crippen LogP contribution in [0.2, 0.25) is 0 Å². The van der Waals surface area contributed by atoms with Crippen LogP contribution < -0.4 is 0 Å². The Balaban J connectivity index is 0.00000256. The van der Waals surface area contributed by atoms with Gasteiger partial charge in [-0.05, 0) is 36.4 Å². The third-order valence-corrected chi connectivity index (χ3v) is 4.14. The average molecular weight is 412 g/mol. The second-order valence-corrected chi connectivity index (χ2v) is 5.86. The lowest BCUT2D eigenvalue weighted by Gasteiger charge is -2.07. The van der Waals surface area contributed by atoms with Gasteiger partial charge in [0.1, 0.15) is 0 Å². The lowest BCUT2D eigenvalue weighted by molar-refractivity contribution is -0.0168. The van der Waals surface area contributed by atoms with E-state index in [0.717, 1.165) is 12.1 Å². The number of rotatable bonds is 4. The van der Waals surface area contributed by atoms with E-state index in [-0.39, 0.29) is 40.8 Å². The van der Waals surface area contributed by atoms with E-state index in [1.165, 1.54) is 24.3 Å². The summed E-state index contributed by atoms with van der Waals surface area (Å²) in [5, 5.41) is 0. The molecule has 0 saturated heterocycles. The van der Waals surface area contributed by atoms with Crippen LogP contribution in [0.3, 0.4) is 0 Å². The summed E-state index contributed by atoms with van der Waals surface area (Å²) in [7, 11) is 0. The highest BCUT2D eigenvalue weighted by Gasteiger charge is 2.31. The maximum atomic E-state index is 12.0. The zero-order chi connectivity index (χ0) is 20.7. The Kier molecular flexibility index (Phi) is 5.16. The van der Waals surface area contributed by atoms with Gasteiger partial charge >= 0.3 is 35.8 Å². The number of fused-ring (bicyclic) bond motifs is 2. The Morgan fingerprint density at radius 1 is 0.633 bits per heavy atom. The van der Waals surface area contributed by atoms with Gasteiger partial charge in [-0.1, -0.05) is 7.43 Å². The molecule has 0 saturated carbocycles. The minimum absolute atomic E-state index is 0. The van der Waals surface area contributed by atoms with Crippen molar-refractivity contribution < 1.29 is 47.7 Å². The third-order valence-electron chi connectivity index (χ3n) is 4.14. The van der Waals surface area contributed by atoms with Crippen molar-refractivity contribution in [2.75, 3.05) is 6.79 Å². The summed E-state index contributed by atoms with van der Waals surface area (Å²) >= 11 is 0. The lowest BCUT2D eigenvalue weighted by Crippen LogP contribution is -2.14. The fraction of sp³-hybridized carbons (Fsp3) is 0.100. The van der Waals surface area contributed by atoms with Crippen molar-refractivity contribution in [3.63, 3.8) is 0 Å². The SMILES string of the molecule is C.O=C(OCOC(=O)c1ccc2c(c1)C(=O)OC2=O)c1ccc2c(c1)C(=O)OC2=O. The molecule has 0 atom stereocenters. The molecule has 2 heterocycles. The normalized spacial score (nSPS) is 13.6. The number of carbonyl (C=O) groups excluding carboxylic acids is 6. The second-order valence-electron chi connectivity index (χ2n) is 5.86. The molecule has 0 aliphatic carbocycles. The van der Waals surface area contributed by atoms with Gasteiger partial charge in [-0.2, -0.15) is 0 Å². The fourth-order valence-corrected chi connectivity index (χ4v) is 2.73. The fourth-order valence-electron chi connectivity index (χ4n) is 2.73. The zero-order valence-electron chi connectivity index (χ0n) is 14.3. The molecule has 0 fully saturated rings. The van der Waals surface area contributed by atoms with Crippen LogP contribution in [-0.2, 0) is 18.9 Å². The second kappa shape index (κ2) is 7.59. The minimum Gasteiger partial charge on any atom is -0.424 e. The Labute approximate surface area is 168 Å². The molecule has 0 spiro atoms. The van der Waals surface area contributed by atoms with Crippen LogP contribution in [0.4, 0.5) is 0 Å². The molecule has 4 rings (SSSR count). The van der Waals surface area contributed by atoms with Crippen molar-refractivity contribution in [3.05, 3.63) is 69.8 Å². The monoisotopic (exact) mass is 412 g/mol. The molecule has 0 N–H and O–H groups in total. The molecule has 0 amide bonds. The van der Waals surface area contributed by atoms with Crippen LogP contribution in [0.1, 0.15) is 69.6 Å². The molecule has 2 aromatic rings. The van der Waals surface area contributed by atoms with Gasteiger partial charge in [0.2, 0.25) is 6.79 Å². The first-order valence-electron chi connectivity index (χ1n) is 8.00. The van der Waals surface area contributed by atoms with Crippen molar-refractivity contribution in [2.45, 2.75) is 7.43 Å². The van der Waals surface area contributed by atoms with E-state index in [0.29, 0.717) is 0 Å². The standard InChI is InChI=1S/C19H8O10.CH4/c20-14(8-1-3-10-12(5-8)18(24)28-16(10)22)26-7-27-15(21)9-2-4-11-13(6-9)19(25)29-17(11)23;/h1-6H,7H2;1H4. The van der Waals surface area contributed by atoms with E-state index < -0.39 is 42.6 Å². The zero-order valence-corrected chi connectivity index (χ0v) is 14.3. The number of cyclic esters (lactones) is 4. The van der Waals surface area contributed by atoms with E-state index in [1.807, 2.05) is 0 Å². The topological polar surface area (TPSA) is 139 Å². The molecule has 10 nitrogen and oxygen atoms in total. The molecule has 0 radical (unpaired) electrons. The van der Waals surface area contributed by atoms with E-state index in [9.17, 15) is 28.8 Å². The number of hydrogen-bond donors (Lipinski definition) is 0. The van der Waals surface area contributed by atoms with Gasteiger partial charge in [-0.3, -0.25) is 0 Å². The summed E-state index contributed by atoms with van der Waals surface area (Å²) in [5.74, 6) is -5.18. The molecule has 152 valence electrons. The highest BCUT2D eigenvalue weighted by Crippen LogP contribution is 2.23. The summed E-state index contributed by atoms with van der Waals surface area (Å²) in [6.45, 7) is -0.751. The van der Waals surface area contributed by atoms with E-state index >= 15 is 0 Å². The highest BCUT2D eigenvalue weighted by molar-refractivity contribution is 6.16. The van der Waals surface area contributed by atoms with Crippen LogP contribution in [0.15, 0.2) is 36.4 Å². The summed E-state index contributed by atoms with van der Waals surface area (Å²) in [4.78, 5) is 69.9. The molecular formula is C20H12O10. The largest absolute Gasteiger partial charge is 0.424 e. The van der Waals surface area contributed by atoms with Crippen molar-refractivity contribution in [1.29, 1.82) is 0 Å². The quantitative estimate of drug-likeness (QED) is 0.317. The maximum Gasteiger partial charge on any atom is 0.346 e. The first-order valence-corrected chi connectivity index (χ1v) is 8.00. The Hall–Kier alpha value is -4.34. The number of benzene rings is 2. The summed E-state index contributed by atoms with van der Waals surface area (Å²) in [6, 6.07) is 7.27. The molecule has 2 aliphatic rings. The van der Waals surface area contributed by atoms with Crippen LogP contribution in [-0.4, -0.2) is 42.6 Å². The van der Waals surface area contributed by atoms with Gasteiger partial charge in [0.05, 0.1) is 33.4 Å². The number of hydrogen-bond acceptors (Lipinski definition) is 10. The Morgan fingerprint density at radius 3 is 1.40 bits per heavy atom. The van der Waals surface area contributed by atoms with Crippen LogP contribution in [0.25, 0.3) is 0 Å². The molecule has 0 bridgehead atoms. The average Bonchev–Trinajstić information content (AvgIpc) is 3.16. The van der Waals surface area contributed by atoms with Gasteiger partial charge in [0.15, 0.2) is 0 Å². The van der Waals surface area contributed by atoms with Crippen molar-refractivity contribution in [1.82, 2.24) is 0 Å². The van der Waals surface area contributed by atoms with Gasteiger partial charge in [-0.25, -0.2) is 28.8 Å². The summed E-state index contributed by atoms with van der Waals surface area (Å²) in [6.07, 6.45) is 0. The molecule has 2 aromatic carbocycles. The number of ether oxygens (including phenoxy) is 4. The molecule has 30 heavy (non-hydrogen) atoms. The van der Waals surface area contributed by atoms with Gasteiger partial charge < -0.3 is 18.9 Å².